The van der Waals surface area contributed by atoms with Crippen molar-refractivity contribution in [2.24, 2.45) is 0 Å². The molecule has 0 saturated carbocycles. The highest BCUT2D eigenvalue weighted by molar-refractivity contribution is 5.69. The summed E-state index contributed by atoms with van der Waals surface area (Å²) in [7, 11) is 0. The van der Waals surface area contributed by atoms with Crippen LogP contribution in [0.1, 0.15) is 39.5 Å². The molecule has 0 bridgehead atoms. The van der Waals surface area contributed by atoms with Gasteiger partial charge in [0.15, 0.2) is 0 Å². The van der Waals surface area contributed by atoms with Gasteiger partial charge in [-0.05, 0) is 73.0 Å². The van der Waals surface area contributed by atoms with Crippen molar-refractivity contribution in [3.63, 3.8) is 0 Å². The van der Waals surface area contributed by atoms with E-state index in [9.17, 15) is 0 Å². The van der Waals surface area contributed by atoms with Gasteiger partial charge in [0.05, 0.1) is 0 Å². The Morgan fingerprint density at radius 2 is 1.06 bits per heavy atom. The molecule has 0 unspecified atom stereocenters. The molecule has 80 valence electrons. The second kappa shape index (κ2) is 2.68. The highest BCUT2D eigenvalue weighted by Crippen LogP contribution is 2.53. The smallest absolute Gasteiger partial charge is 0.00169 e. The summed E-state index contributed by atoms with van der Waals surface area (Å²) in [6.07, 6.45) is 9.73. The lowest BCUT2D eigenvalue weighted by Gasteiger charge is -2.06. The Kier molecular flexibility index (Phi) is 1.48. The molecule has 0 heteroatoms. The molecule has 0 heterocycles. The van der Waals surface area contributed by atoms with Gasteiger partial charge in [-0.2, -0.15) is 0 Å². The molecule has 0 amide bonds. The topological polar surface area (TPSA) is 0 Å². The molecule has 0 saturated heterocycles. The zero-order chi connectivity index (χ0) is 10.9. The lowest BCUT2D eigenvalue weighted by Crippen LogP contribution is -1.87. The zero-order valence-corrected chi connectivity index (χ0v) is 9.98. The molecule has 0 radical (unpaired) electrons. The van der Waals surface area contributed by atoms with Crippen LogP contribution in [0.15, 0.2) is 56.7 Å². The van der Waals surface area contributed by atoms with Crippen LogP contribution in [-0.4, -0.2) is 0 Å². The number of hydrogen-bond acceptors (Lipinski definition) is 0. The minimum Gasteiger partial charge on any atom is -0.0686 e. The first-order valence-corrected chi connectivity index (χ1v) is 6.23. The summed E-state index contributed by atoms with van der Waals surface area (Å²) in [6.45, 7) is 4.53. The zero-order valence-electron chi connectivity index (χ0n) is 9.98. The minimum atomic E-state index is 1.22. The maximum absolute atomic E-state index is 2.42. The average molecular weight is 208 g/mol. The molecule has 0 aromatic carbocycles. The highest BCUT2D eigenvalue weighted by atomic mass is 14.4. The number of hydrogen-bond donors (Lipinski definition) is 0. The van der Waals surface area contributed by atoms with Crippen LogP contribution in [0.5, 0.6) is 0 Å². The summed E-state index contributed by atoms with van der Waals surface area (Å²) in [5.41, 5.74) is 13.1. The van der Waals surface area contributed by atoms with Gasteiger partial charge in [0.2, 0.25) is 0 Å². The van der Waals surface area contributed by atoms with Crippen molar-refractivity contribution in [1.29, 1.82) is 0 Å². The molecule has 0 atom stereocenters. The first kappa shape index (κ1) is 8.81. The predicted octanol–water partition coefficient (Wildman–Crippen LogP) is 4.38. The molecular weight excluding hydrogens is 192 g/mol. The van der Waals surface area contributed by atoms with Crippen LogP contribution in [0.4, 0.5) is 0 Å². The fourth-order valence-electron chi connectivity index (χ4n) is 3.74. The van der Waals surface area contributed by atoms with E-state index in [1.807, 2.05) is 0 Å². The van der Waals surface area contributed by atoms with Crippen molar-refractivity contribution >= 4 is 0 Å². The van der Waals surface area contributed by atoms with Crippen LogP contribution in [0.25, 0.3) is 0 Å². The third-order valence-corrected chi connectivity index (χ3v) is 4.36. The van der Waals surface area contributed by atoms with E-state index in [0.29, 0.717) is 0 Å². The van der Waals surface area contributed by atoms with Crippen molar-refractivity contribution in [2.75, 3.05) is 0 Å². The van der Waals surface area contributed by atoms with Crippen molar-refractivity contribution in [2.45, 2.75) is 39.5 Å². The van der Waals surface area contributed by atoms with Gasteiger partial charge in [0.25, 0.3) is 0 Å². The van der Waals surface area contributed by atoms with Crippen LogP contribution < -0.4 is 0 Å². The Balaban J connectivity index is 1.71. The average Bonchev–Trinajstić information content (AvgIpc) is 2.85. The fraction of sp³-hybridized carbons (Fsp3) is 0.375. The van der Waals surface area contributed by atoms with Gasteiger partial charge < -0.3 is 0 Å². The molecule has 0 nitrogen and oxygen atoms in total. The van der Waals surface area contributed by atoms with E-state index in [0.717, 1.165) is 0 Å². The number of allylic oxidation sites excluding steroid dienone is 10. The van der Waals surface area contributed by atoms with E-state index in [1.54, 1.807) is 44.6 Å². The van der Waals surface area contributed by atoms with Crippen LogP contribution in [0.3, 0.4) is 0 Å². The molecular formula is C16H16. The van der Waals surface area contributed by atoms with E-state index in [-0.39, 0.29) is 0 Å². The highest BCUT2D eigenvalue weighted by Gasteiger charge is 2.35. The van der Waals surface area contributed by atoms with Gasteiger partial charge in [-0.15, -0.1) is 0 Å². The van der Waals surface area contributed by atoms with Gasteiger partial charge in [-0.3, -0.25) is 0 Å². The molecule has 0 fully saturated rings. The molecule has 0 N–H and O–H groups in total. The first-order chi connectivity index (χ1) is 7.72. The molecule has 0 aromatic rings. The largest absolute Gasteiger partial charge is 0.0686 e. The van der Waals surface area contributed by atoms with Crippen LogP contribution in [-0.2, 0) is 0 Å². The lowest BCUT2D eigenvalue weighted by molar-refractivity contribution is 1.09. The summed E-state index contributed by atoms with van der Waals surface area (Å²) in [5.74, 6) is 0. The van der Waals surface area contributed by atoms with Gasteiger partial charge in [-0.25, -0.2) is 0 Å². The summed E-state index contributed by atoms with van der Waals surface area (Å²) in [6, 6.07) is 0. The van der Waals surface area contributed by atoms with E-state index >= 15 is 0 Å². The fourth-order valence-corrected chi connectivity index (χ4v) is 3.74. The molecule has 0 spiro atoms. The third-order valence-electron chi connectivity index (χ3n) is 4.36. The second-order valence-corrected chi connectivity index (χ2v) is 5.65. The number of rotatable bonds is 0. The normalized spacial score (nSPS) is 26.4. The van der Waals surface area contributed by atoms with Crippen molar-refractivity contribution in [3.8, 4) is 0 Å². The van der Waals surface area contributed by atoms with E-state index in [2.05, 4.69) is 26.0 Å². The van der Waals surface area contributed by atoms with Crippen molar-refractivity contribution < 1.29 is 0 Å². The maximum Gasteiger partial charge on any atom is -0.00169 e. The quantitative estimate of drug-likeness (QED) is 0.554. The third kappa shape index (κ3) is 0.953. The van der Waals surface area contributed by atoms with Gasteiger partial charge in [-0.1, -0.05) is 23.3 Å². The monoisotopic (exact) mass is 208 g/mol. The van der Waals surface area contributed by atoms with Crippen LogP contribution in [0, 0.1) is 0 Å². The summed E-state index contributed by atoms with van der Waals surface area (Å²) >= 11 is 0. The van der Waals surface area contributed by atoms with Crippen LogP contribution >= 0.6 is 0 Å². The Labute approximate surface area is 96.7 Å². The Morgan fingerprint density at radius 1 is 0.625 bits per heavy atom. The van der Waals surface area contributed by atoms with Gasteiger partial charge >= 0.3 is 0 Å². The predicted molar refractivity (Wildman–Crippen MR) is 67.1 cm³/mol. The summed E-state index contributed by atoms with van der Waals surface area (Å²) in [5, 5.41) is 0. The summed E-state index contributed by atoms with van der Waals surface area (Å²) in [4.78, 5) is 0. The van der Waals surface area contributed by atoms with Gasteiger partial charge in [0, 0.05) is 0 Å². The molecule has 4 aliphatic carbocycles. The lowest BCUT2D eigenvalue weighted by atomic mass is 9.98. The molecule has 0 aliphatic heterocycles. The molecule has 0 aromatic heterocycles. The Bertz CT molecular complexity index is 519. The minimum absolute atomic E-state index is 1.22. The van der Waals surface area contributed by atoms with Crippen molar-refractivity contribution in [1.82, 2.24) is 0 Å². The van der Waals surface area contributed by atoms with Crippen LogP contribution in [0.2, 0.25) is 0 Å². The maximum atomic E-state index is 2.42. The van der Waals surface area contributed by atoms with Crippen molar-refractivity contribution in [3.05, 3.63) is 56.7 Å². The Morgan fingerprint density at radius 3 is 1.50 bits per heavy atom. The molecule has 16 heavy (non-hydrogen) atoms. The molecule has 4 rings (SSSR count). The van der Waals surface area contributed by atoms with Gasteiger partial charge in [0.1, 0.15) is 0 Å². The van der Waals surface area contributed by atoms with E-state index in [1.165, 1.54) is 25.7 Å². The van der Waals surface area contributed by atoms with E-state index in [4.69, 9.17) is 0 Å². The second-order valence-electron chi connectivity index (χ2n) is 5.65. The van der Waals surface area contributed by atoms with E-state index < -0.39 is 0 Å². The summed E-state index contributed by atoms with van der Waals surface area (Å²) < 4.78 is 0. The SMILES string of the molecule is CC1=CC2=C(C1)C1=C(C2)C2=C(C=C(C)C2)C1. The standard InChI is InChI=1S/C16H16/c1-9-3-11-7-16-14-6-10(2)4-12(14)8-15(16)13(11)5-9/h3-4H,5-8H2,1-2H3. The Hall–Kier alpha value is -1.30. The molecule has 4 aliphatic rings. The first-order valence-electron chi connectivity index (χ1n) is 6.23. The number of fused-ring (bicyclic) bond motifs is 2.